The lowest BCUT2D eigenvalue weighted by Gasteiger charge is -2.30. The van der Waals surface area contributed by atoms with Gasteiger partial charge in [0.15, 0.2) is 5.16 Å². The molecule has 3 fully saturated rings. The van der Waals surface area contributed by atoms with Gasteiger partial charge in [0.2, 0.25) is 0 Å². The third kappa shape index (κ3) is 3.25. The number of urea groups is 1. The normalized spacial score (nSPS) is 29.6. The van der Waals surface area contributed by atoms with Crippen LogP contribution in [0.3, 0.4) is 0 Å². The van der Waals surface area contributed by atoms with E-state index in [1.54, 1.807) is 25.6 Å². The second kappa shape index (κ2) is 7.08. The van der Waals surface area contributed by atoms with Crippen LogP contribution in [0.1, 0.15) is 63.9 Å². The van der Waals surface area contributed by atoms with Crippen molar-refractivity contribution in [2.45, 2.75) is 77.0 Å². The lowest BCUT2D eigenvalue weighted by molar-refractivity contribution is -0.130. The third-order valence-corrected chi connectivity index (χ3v) is 8.10. The molecule has 2 saturated carbocycles. The minimum absolute atomic E-state index is 0.149. The topological polar surface area (TPSA) is 67.2 Å². The van der Waals surface area contributed by atoms with E-state index in [1.165, 1.54) is 36.3 Å². The highest BCUT2D eigenvalue weighted by Crippen LogP contribution is 2.52. The first-order valence-corrected chi connectivity index (χ1v) is 11.5. The lowest BCUT2D eigenvalue weighted by atomic mass is 9.84. The molecule has 0 spiro atoms. The van der Waals surface area contributed by atoms with Crippen molar-refractivity contribution in [2.24, 2.45) is 17.8 Å². The molecule has 3 aliphatic rings. The zero-order valence-corrected chi connectivity index (χ0v) is 18.4. The Kier molecular flexibility index (Phi) is 5.01. The zero-order valence-electron chi connectivity index (χ0n) is 17.6. The van der Waals surface area contributed by atoms with E-state index in [0.717, 1.165) is 28.6 Å². The summed E-state index contributed by atoms with van der Waals surface area (Å²) >= 11 is 1.66. The minimum atomic E-state index is -0.802. The predicted octanol–water partition coefficient (Wildman–Crippen LogP) is 3.92. The summed E-state index contributed by atoms with van der Waals surface area (Å²) in [7, 11) is 0. The van der Waals surface area contributed by atoms with Crippen LogP contribution in [0, 0.1) is 31.6 Å². The number of aromatic nitrogens is 2. The van der Waals surface area contributed by atoms with Gasteiger partial charge in [0.1, 0.15) is 5.54 Å². The van der Waals surface area contributed by atoms with E-state index in [9.17, 15) is 9.59 Å². The quantitative estimate of drug-likeness (QED) is 0.576. The van der Waals surface area contributed by atoms with Gasteiger partial charge in [0, 0.05) is 24.0 Å². The molecule has 2 bridgehead atoms. The lowest BCUT2D eigenvalue weighted by Crippen LogP contribution is -2.40. The highest BCUT2D eigenvalue weighted by molar-refractivity contribution is 7.99. The fraction of sp³-hybridized carbons (Fsp3) is 0.762. The highest BCUT2D eigenvalue weighted by atomic mass is 32.2. The van der Waals surface area contributed by atoms with E-state index in [0.29, 0.717) is 18.3 Å². The molecule has 28 heavy (non-hydrogen) atoms. The molecule has 1 aliphatic heterocycles. The van der Waals surface area contributed by atoms with E-state index >= 15 is 0 Å². The number of fused-ring (bicyclic) bond motifs is 2. The number of carbonyl (C=O) groups excluding carboxylic acids is 2. The molecule has 1 saturated heterocycles. The molecular formula is C21H32N4O2S. The first-order valence-electron chi connectivity index (χ1n) is 10.5. The average Bonchev–Trinajstić information content (AvgIpc) is 3.36. The van der Waals surface area contributed by atoms with Crippen LogP contribution in [0.4, 0.5) is 4.79 Å². The van der Waals surface area contributed by atoms with Crippen LogP contribution in [0.5, 0.6) is 0 Å². The molecule has 4 atom stereocenters. The van der Waals surface area contributed by atoms with Crippen molar-refractivity contribution in [3.63, 3.8) is 0 Å². The molecule has 0 aromatic carbocycles. The summed E-state index contributed by atoms with van der Waals surface area (Å²) in [6.07, 6.45) is 5.56. The number of carbonyl (C=O) groups is 2. The number of imidazole rings is 1. The monoisotopic (exact) mass is 404 g/mol. The summed E-state index contributed by atoms with van der Waals surface area (Å²) in [5.74, 6) is 3.06. The van der Waals surface area contributed by atoms with Gasteiger partial charge < -0.3 is 9.88 Å². The maximum atomic E-state index is 12.4. The van der Waals surface area contributed by atoms with Crippen molar-refractivity contribution in [2.75, 3.05) is 12.3 Å². The number of amides is 3. The third-order valence-electron chi connectivity index (χ3n) is 7.16. The van der Waals surface area contributed by atoms with Crippen LogP contribution in [0.2, 0.25) is 0 Å². The van der Waals surface area contributed by atoms with Crippen molar-refractivity contribution in [3.05, 3.63) is 11.4 Å². The van der Waals surface area contributed by atoms with Gasteiger partial charge in [-0.1, -0.05) is 18.2 Å². The smallest absolute Gasteiger partial charge is 0.324 e. The molecule has 6 nitrogen and oxygen atoms in total. The maximum Gasteiger partial charge on any atom is 0.325 e. The SMILES string of the molecule is Cc1nc(SCCN2C(=O)NC(C)(C)C2=O)n([C@H](C)[C@H]2C[C@H]3CC[C@H]2C3)c1C. The van der Waals surface area contributed by atoms with Gasteiger partial charge in [0.25, 0.3) is 5.91 Å². The summed E-state index contributed by atoms with van der Waals surface area (Å²) in [6.45, 7) is 10.5. The Hall–Kier alpha value is -1.50. The van der Waals surface area contributed by atoms with E-state index in [1.807, 2.05) is 0 Å². The zero-order chi connectivity index (χ0) is 20.2. The fourth-order valence-electron chi connectivity index (χ4n) is 5.50. The summed E-state index contributed by atoms with van der Waals surface area (Å²) in [5, 5.41) is 3.77. The highest BCUT2D eigenvalue weighted by Gasteiger charge is 2.44. The second-order valence-electron chi connectivity index (χ2n) is 9.37. The number of thioether (sulfide) groups is 1. The minimum Gasteiger partial charge on any atom is -0.324 e. The summed E-state index contributed by atoms with van der Waals surface area (Å²) in [4.78, 5) is 30.6. The van der Waals surface area contributed by atoms with Crippen molar-refractivity contribution in [1.29, 1.82) is 0 Å². The number of aryl methyl sites for hydroxylation is 1. The molecule has 0 unspecified atom stereocenters. The Labute approximate surface area is 171 Å². The Bertz CT molecular complexity index is 803. The molecular weight excluding hydrogens is 372 g/mol. The van der Waals surface area contributed by atoms with Crippen LogP contribution >= 0.6 is 11.8 Å². The second-order valence-corrected chi connectivity index (χ2v) is 10.4. The van der Waals surface area contributed by atoms with Gasteiger partial charge in [-0.2, -0.15) is 0 Å². The number of hydrogen-bond acceptors (Lipinski definition) is 4. The number of imide groups is 1. The van der Waals surface area contributed by atoms with Crippen molar-refractivity contribution in [1.82, 2.24) is 19.8 Å². The molecule has 4 rings (SSSR count). The summed E-state index contributed by atoms with van der Waals surface area (Å²) in [6, 6.07) is 0.163. The fourth-order valence-corrected chi connectivity index (χ4v) is 6.60. The van der Waals surface area contributed by atoms with Crippen LogP contribution in [0.15, 0.2) is 5.16 Å². The van der Waals surface area contributed by atoms with E-state index in [-0.39, 0.29) is 11.9 Å². The van der Waals surface area contributed by atoms with Crippen molar-refractivity contribution in [3.8, 4) is 0 Å². The molecule has 1 aromatic heterocycles. The van der Waals surface area contributed by atoms with E-state index in [2.05, 4.69) is 30.7 Å². The van der Waals surface area contributed by atoms with E-state index < -0.39 is 5.54 Å². The molecule has 2 aliphatic carbocycles. The largest absolute Gasteiger partial charge is 0.325 e. The van der Waals surface area contributed by atoms with Crippen molar-refractivity contribution < 1.29 is 9.59 Å². The Morgan fingerprint density at radius 1 is 1.25 bits per heavy atom. The van der Waals surface area contributed by atoms with Gasteiger partial charge in [-0.25, -0.2) is 9.78 Å². The number of rotatable bonds is 6. The Morgan fingerprint density at radius 2 is 2.00 bits per heavy atom. The Morgan fingerprint density at radius 3 is 2.57 bits per heavy atom. The van der Waals surface area contributed by atoms with Crippen LogP contribution in [0.25, 0.3) is 0 Å². The number of hydrogen-bond donors (Lipinski definition) is 1. The van der Waals surface area contributed by atoms with Crippen LogP contribution < -0.4 is 5.32 Å². The molecule has 7 heteroatoms. The van der Waals surface area contributed by atoms with Crippen LogP contribution in [-0.4, -0.2) is 44.2 Å². The van der Waals surface area contributed by atoms with Crippen molar-refractivity contribution >= 4 is 23.7 Å². The van der Waals surface area contributed by atoms with Gasteiger partial charge in [-0.15, -0.1) is 0 Å². The Balaban J connectivity index is 1.45. The average molecular weight is 405 g/mol. The number of nitrogens with one attached hydrogen (secondary N) is 1. The van der Waals surface area contributed by atoms with Gasteiger partial charge in [-0.3, -0.25) is 9.69 Å². The van der Waals surface area contributed by atoms with E-state index in [4.69, 9.17) is 4.98 Å². The molecule has 3 amide bonds. The summed E-state index contributed by atoms with van der Waals surface area (Å²) < 4.78 is 2.42. The molecule has 2 heterocycles. The predicted molar refractivity (Wildman–Crippen MR) is 110 cm³/mol. The number of nitrogens with zero attached hydrogens (tertiary/aromatic N) is 3. The standard InChI is InChI=1S/C21H32N4O2S/c1-12-13(2)25(14(3)17-11-15-6-7-16(17)10-15)20(22-12)28-9-8-24-18(26)21(4,5)23-19(24)27/h14-17H,6-11H2,1-5H3,(H,23,27)/t14-,15+,16+,17-/m1/s1. The van der Waals surface area contributed by atoms with Gasteiger partial charge >= 0.3 is 6.03 Å². The summed E-state index contributed by atoms with van der Waals surface area (Å²) in [5.41, 5.74) is 1.52. The maximum absolute atomic E-state index is 12.4. The van der Waals surface area contributed by atoms with Gasteiger partial charge in [-0.05, 0) is 71.6 Å². The molecule has 0 radical (unpaired) electrons. The van der Waals surface area contributed by atoms with Crippen LogP contribution in [-0.2, 0) is 4.79 Å². The molecule has 1 N–H and O–H groups in total. The molecule has 1 aromatic rings. The first-order chi connectivity index (χ1) is 13.2. The van der Waals surface area contributed by atoms with Gasteiger partial charge in [0.05, 0.1) is 5.69 Å². The molecule has 154 valence electrons. The first kappa shape index (κ1) is 19.8.